The van der Waals surface area contributed by atoms with Gasteiger partial charge in [-0.25, -0.2) is 0 Å². The maximum absolute atomic E-state index is 11.7. The van der Waals surface area contributed by atoms with E-state index in [0.717, 1.165) is 24.6 Å². The summed E-state index contributed by atoms with van der Waals surface area (Å²) in [4.78, 5) is 11.7. The van der Waals surface area contributed by atoms with Gasteiger partial charge in [0.15, 0.2) is 0 Å². The number of aromatic amines is 1. The van der Waals surface area contributed by atoms with Crippen LogP contribution in [-0.2, 0) is 0 Å². The van der Waals surface area contributed by atoms with Gasteiger partial charge in [-0.3, -0.25) is 9.89 Å². The van der Waals surface area contributed by atoms with E-state index in [1.165, 1.54) is 25.7 Å². The van der Waals surface area contributed by atoms with Crippen molar-refractivity contribution in [3.05, 3.63) is 17.5 Å². The summed E-state index contributed by atoms with van der Waals surface area (Å²) >= 11 is 0. The van der Waals surface area contributed by atoms with Crippen molar-refractivity contribution < 1.29 is 4.79 Å². The van der Waals surface area contributed by atoms with Gasteiger partial charge in [-0.1, -0.05) is 39.5 Å². The maximum Gasteiger partial charge on any atom is 0.254 e. The van der Waals surface area contributed by atoms with Gasteiger partial charge in [0, 0.05) is 12.2 Å². The monoisotopic (exact) mass is 251 g/mol. The van der Waals surface area contributed by atoms with Gasteiger partial charge in [0.05, 0.1) is 11.8 Å². The molecular formula is C14H25N3O. The number of carbonyl (C=O) groups is 1. The Kier molecular flexibility index (Phi) is 6.47. The zero-order chi connectivity index (χ0) is 13.4. The molecule has 0 radical (unpaired) electrons. The normalized spacial score (nSPS) is 10.9. The topological polar surface area (TPSA) is 57.8 Å². The minimum atomic E-state index is -0.0246. The summed E-state index contributed by atoms with van der Waals surface area (Å²) < 4.78 is 0. The number of carbonyl (C=O) groups excluding carboxylic acids is 1. The Morgan fingerprint density at radius 1 is 1.33 bits per heavy atom. The van der Waals surface area contributed by atoms with Crippen LogP contribution in [0.5, 0.6) is 0 Å². The summed E-state index contributed by atoms with van der Waals surface area (Å²) in [6.45, 7) is 7.12. The highest BCUT2D eigenvalue weighted by Gasteiger charge is 2.09. The summed E-state index contributed by atoms with van der Waals surface area (Å²) in [5.74, 6) is 0.775. The third-order valence-corrected chi connectivity index (χ3v) is 3.07. The molecule has 0 spiro atoms. The van der Waals surface area contributed by atoms with E-state index >= 15 is 0 Å². The van der Waals surface area contributed by atoms with Crippen LogP contribution in [0.25, 0.3) is 0 Å². The predicted molar refractivity (Wildman–Crippen MR) is 73.6 cm³/mol. The number of aryl methyl sites for hydroxylation is 1. The van der Waals surface area contributed by atoms with E-state index in [1.54, 1.807) is 6.20 Å². The first kappa shape index (κ1) is 14.7. The van der Waals surface area contributed by atoms with Gasteiger partial charge < -0.3 is 5.32 Å². The Morgan fingerprint density at radius 3 is 2.67 bits per heavy atom. The number of aromatic nitrogens is 2. The molecule has 1 amide bonds. The van der Waals surface area contributed by atoms with Gasteiger partial charge in [-0.05, 0) is 19.3 Å². The molecule has 0 aliphatic carbocycles. The van der Waals surface area contributed by atoms with Crippen LogP contribution < -0.4 is 5.32 Å². The quantitative estimate of drug-likeness (QED) is 0.698. The average Bonchev–Trinajstić information content (AvgIpc) is 2.73. The largest absolute Gasteiger partial charge is 0.352 e. The van der Waals surface area contributed by atoms with Crippen LogP contribution >= 0.6 is 0 Å². The van der Waals surface area contributed by atoms with Crippen molar-refractivity contribution in [3.63, 3.8) is 0 Å². The van der Waals surface area contributed by atoms with E-state index in [1.807, 2.05) is 6.92 Å². The van der Waals surface area contributed by atoms with E-state index in [9.17, 15) is 4.79 Å². The average molecular weight is 251 g/mol. The molecule has 1 heterocycles. The highest BCUT2D eigenvalue weighted by molar-refractivity contribution is 5.94. The van der Waals surface area contributed by atoms with Crippen LogP contribution in [0.15, 0.2) is 6.20 Å². The fourth-order valence-electron chi connectivity index (χ4n) is 1.91. The molecule has 18 heavy (non-hydrogen) atoms. The summed E-state index contributed by atoms with van der Waals surface area (Å²) in [6.07, 6.45) is 7.69. The van der Waals surface area contributed by atoms with E-state index in [4.69, 9.17) is 0 Å². The second kappa shape index (κ2) is 7.90. The lowest BCUT2D eigenvalue weighted by Crippen LogP contribution is -2.24. The number of nitrogens with one attached hydrogen (secondary N) is 2. The molecule has 0 aromatic carbocycles. The number of nitrogens with zero attached hydrogens (tertiary/aromatic N) is 1. The molecule has 4 heteroatoms. The number of H-pyrrole nitrogens is 1. The van der Waals surface area contributed by atoms with Gasteiger partial charge >= 0.3 is 0 Å². The van der Waals surface area contributed by atoms with Crippen LogP contribution in [0.4, 0.5) is 0 Å². The lowest BCUT2D eigenvalue weighted by molar-refractivity contribution is 0.0952. The van der Waals surface area contributed by atoms with Crippen LogP contribution in [-0.4, -0.2) is 22.6 Å². The van der Waals surface area contributed by atoms with Gasteiger partial charge in [0.1, 0.15) is 0 Å². The first-order valence-electron chi connectivity index (χ1n) is 6.89. The summed E-state index contributed by atoms with van der Waals surface area (Å²) in [5, 5.41) is 9.54. The van der Waals surface area contributed by atoms with E-state index in [-0.39, 0.29) is 5.91 Å². The summed E-state index contributed by atoms with van der Waals surface area (Å²) in [5.41, 5.74) is 1.47. The van der Waals surface area contributed by atoms with Gasteiger partial charge in [0.2, 0.25) is 0 Å². The lowest BCUT2D eigenvalue weighted by Gasteiger charge is -2.05. The molecular weight excluding hydrogens is 226 g/mol. The molecule has 1 aromatic rings. The molecule has 0 bridgehead atoms. The molecule has 4 nitrogen and oxygen atoms in total. The van der Waals surface area contributed by atoms with E-state index in [2.05, 4.69) is 29.4 Å². The Balaban J connectivity index is 2.05. The highest BCUT2D eigenvalue weighted by atomic mass is 16.1. The van der Waals surface area contributed by atoms with Crippen molar-refractivity contribution in [2.45, 2.75) is 52.9 Å². The fourth-order valence-corrected chi connectivity index (χ4v) is 1.91. The van der Waals surface area contributed by atoms with Crippen LogP contribution in [0.3, 0.4) is 0 Å². The SMILES string of the molecule is Cc1[nH]ncc1C(=O)NCCCCCCC(C)C. The highest BCUT2D eigenvalue weighted by Crippen LogP contribution is 2.09. The number of rotatable bonds is 8. The summed E-state index contributed by atoms with van der Waals surface area (Å²) in [6, 6.07) is 0. The summed E-state index contributed by atoms with van der Waals surface area (Å²) in [7, 11) is 0. The van der Waals surface area contributed by atoms with E-state index < -0.39 is 0 Å². The molecule has 0 saturated heterocycles. The number of amides is 1. The second-order valence-electron chi connectivity index (χ2n) is 5.26. The smallest absolute Gasteiger partial charge is 0.254 e. The van der Waals surface area contributed by atoms with Crippen molar-refractivity contribution in [2.24, 2.45) is 5.92 Å². The Morgan fingerprint density at radius 2 is 2.06 bits per heavy atom. The van der Waals surface area contributed by atoms with Crippen molar-refractivity contribution in [2.75, 3.05) is 6.54 Å². The standard InChI is InChI=1S/C14H25N3O/c1-11(2)8-6-4-5-7-9-15-14(18)13-10-16-17-12(13)3/h10-11H,4-9H2,1-3H3,(H,15,18)(H,16,17). The van der Waals surface area contributed by atoms with Gasteiger partial charge in [0.25, 0.3) is 5.91 Å². The first-order valence-corrected chi connectivity index (χ1v) is 6.89. The molecule has 1 rings (SSSR count). The third kappa shape index (κ3) is 5.34. The molecule has 102 valence electrons. The predicted octanol–water partition coefficient (Wildman–Crippen LogP) is 3.05. The van der Waals surface area contributed by atoms with Crippen LogP contribution in [0.1, 0.15) is 62.0 Å². The molecule has 0 fully saturated rings. The van der Waals surface area contributed by atoms with E-state index in [0.29, 0.717) is 5.56 Å². The zero-order valence-corrected chi connectivity index (χ0v) is 11.8. The fraction of sp³-hybridized carbons (Fsp3) is 0.714. The minimum absolute atomic E-state index is 0.0246. The Hall–Kier alpha value is -1.32. The maximum atomic E-state index is 11.7. The molecule has 0 atom stereocenters. The van der Waals surface area contributed by atoms with Gasteiger partial charge in [-0.15, -0.1) is 0 Å². The second-order valence-corrected chi connectivity index (χ2v) is 5.26. The van der Waals surface area contributed by atoms with Gasteiger partial charge in [-0.2, -0.15) is 5.10 Å². The molecule has 1 aromatic heterocycles. The van der Waals surface area contributed by atoms with Crippen molar-refractivity contribution >= 4 is 5.91 Å². The number of unbranched alkanes of at least 4 members (excludes halogenated alkanes) is 3. The molecule has 0 aliphatic rings. The molecule has 0 saturated carbocycles. The minimum Gasteiger partial charge on any atom is -0.352 e. The van der Waals surface area contributed by atoms with Crippen LogP contribution in [0, 0.1) is 12.8 Å². The van der Waals surface area contributed by atoms with Crippen molar-refractivity contribution in [3.8, 4) is 0 Å². The number of hydrogen-bond donors (Lipinski definition) is 2. The van der Waals surface area contributed by atoms with Crippen LogP contribution in [0.2, 0.25) is 0 Å². The Bertz CT molecular complexity index is 358. The lowest BCUT2D eigenvalue weighted by atomic mass is 10.0. The molecule has 2 N–H and O–H groups in total. The third-order valence-electron chi connectivity index (χ3n) is 3.07. The first-order chi connectivity index (χ1) is 8.61. The molecule has 0 aliphatic heterocycles. The zero-order valence-electron chi connectivity index (χ0n) is 11.8. The Labute approximate surface area is 110 Å². The van der Waals surface area contributed by atoms with Crippen molar-refractivity contribution in [1.82, 2.24) is 15.5 Å². The van der Waals surface area contributed by atoms with Crippen molar-refractivity contribution in [1.29, 1.82) is 0 Å². The molecule has 0 unspecified atom stereocenters. The number of hydrogen-bond acceptors (Lipinski definition) is 2.